The first kappa shape index (κ1) is 15.9. The van der Waals surface area contributed by atoms with E-state index in [1.165, 1.54) is 0 Å². The van der Waals surface area contributed by atoms with Crippen molar-refractivity contribution in [3.05, 3.63) is 24.3 Å². The molecule has 0 fully saturated rings. The molecule has 1 N–H and O–H groups in total. The van der Waals surface area contributed by atoms with E-state index in [1.54, 1.807) is 0 Å². The van der Waals surface area contributed by atoms with Crippen LogP contribution in [0.25, 0.3) is 0 Å². The Morgan fingerprint density at radius 2 is 1.50 bits per heavy atom. The van der Waals surface area contributed by atoms with E-state index in [1.807, 2.05) is 0 Å². The molecule has 0 heterocycles. The van der Waals surface area contributed by atoms with Crippen molar-refractivity contribution in [3.8, 4) is 5.75 Å². The summed E-state index contributed by atoms with van der Waals surface area (Å²) in [6.07, 6.45) is 0.865. The zero-order chi connectivity index (χ0) is 11.7. The number of benzene rings is 1. The van der Waals surface area contributed by atoms with Gasteiger partial charge in [-0.2, -0.15) is 16.8 Å². The van der Waals surface area contributed by atoms with E-state index >= 15 is 0 Å². The second kappa shape index (κ2) is 5.48. The minimum atomic E-state index is -4.27. The molecule has 0 bridgehead atoms. The van der Waals surface area contributed by atoms with Crippen molar-refractivity contribution in [1.82, 2.24) is 0 Å². The van der Waals surface area contributed by atoms with Crippen molar-refractivity contribution < 1.29 is 25.6 Å². The third-order valence-corrected chi connectivity index (χ3v) is 2.73. The third-order valence-electron chi connectivity index (χ3n) is 1.37. The quantitative estimate of drug-likeness (QED) is 0.459. The maximum atomic E-state index is 10.7. The molecule has 0 spiro atoms. The van der Waals surface area contributed by atoms with Gasteiger partial charge in [-0.15, -0.1) is 0 Å². The Labute approximate surface area is 116 Å². The van der Waals surface area contributed by atoms with Gasteiger partial charge in [0.25, 0.3) is 10.1 Å². The first-order chi connectivity index (χ1) is 6.68. The van der Waals surface area contributed by atoms with Crippen molar-refractivity contribution in [2.45, 2.75) is 4.90 Å². The van der Waals surface area contributed by atoms with Gasteiger partial charge in [-0.1, -0.05) is 0 Å². The molecule has 0 unspecified atom stereocenters. The fourth-order valence-electron chi connectivity index (χ4n) is 0.842. The Balaban J connectivity index is 0.00000225. The van der Waals surface area contributed by atoms with Gasteiger partial charge in [0.15, 0.2) is 0 Å². The van der Waals surface area contributed by atoms with Crippen molar-refractivity contribution >= 4 is 49.8 Å². The summed E-state index contributed by atoms with van der Waals surface area (Å²) in [7, 11) is -7.91. The molecule has 0 aliphatic carbocycles. The minimum absolute atomic E-state index is 0. The van der Waals surface area contributed by atoms with Gasteiger partial charge in [0.2, 0.25) is 0 Å². The maximum absolute atomic E-state index is 10.7. The van der Waals surface area contributed by atoms with Crippen LogP contribution < -0.4 is 4.18 Å². The molecule has 1 aromatic carbocycles. The van der Waals surface area contributed by atoms with Gasteiger partial charge in [0.1, 0.15) is 5.75 Å². The summed E-state index contributed by atoms with van der Waals surface area (Å²) in [4.78, 5) is -0.330. The molecule has 0 saturated heterocycles. The second-order valence-electron chi connectivity index (χ2n) is 2.73. The monoisotopic (exact) mass is 276 g/mol. The van der Waals surface area contributed by atoms with Crippen LogP contribution in [0.4, 0.5) is 0 Å². The van der Waals surface area contributed by atoms with Crippen LogP contribution in [0.15, 0.2) is 29.2 Å². The normalized spacial score (nSPS) is 11.6. The van der Waals surface area contributed by atoms with Crippen LogP contribution in [0.1, 0.15) is 0 Å². The standard InChI is InChI=1S/C7H8O6S2.Na.H/c1-14(8,9)13-6-2-4-7(5-3-6)15(10,11)12;;/h2-5H,1H3,(H,10,11,12);;. The van der Waals surface area contributed by atoms with Crippen molar-refractivity contribution in [1.29, 1.82) is 0 Å². The van der Waals surface area contributed by atoms with Crippen LogP contribution >= 0.6 is 0 Å². The molecule has 86 valence electrons. The molecule has 0 aliphatic rings. The van der Waals surface area contributed by atoms with Gasteiger partial charge in [-0.3, -0.25) is 4.55 Å². The number of hydrogen-bond donors (Lipinski definition) is 1. The molecular weight excluding hydrogens is 267 g/mol. The second-order valence-corrected chi connectivity index (χ2v) is 5.73. The summed E-state index contributed by atoms with van der Waals surface area (Å²) < 4.78 is 55.7. The summed E-state index contributed by atoms with van der Waals surface area (Å²) in [5, 5.41) is 0. The summed E-state index contributed by atoms with van der Waals surface area (Å²) in [5.74, 6) is -0.0232. The van der Waals surface area contributed by atoms with E-state index in [0.29, 0.717) is 0 Å². The molecule has 0 atom stereocenters. The van der Waals surface area contributed by atoms with Crippen LogP contribution in [0.5, 0.6) is 5.75 Å². The molecule has 16 heavy (non-hydrogen) atoms. The van der Waals surface area contributed by atoms with Gasteiger partial charge in [-0.25, -0.2) is 0 Å². The first-order valence-corrected chi connectivity index (χ1v) is 6.91. The molecule has 0 radical (unpaired) electrons. The fourth-order valence-corrected chi connectivity index (χ4v) is 1.78. The average Bonchev–Trinajstić information content (AvgIpc) is 2.00. The summed E-state index contributed by atoms with van der Waals surface area (Å²) in [6, 6.07) is 4.33. The van der Waals surface area contributed by atoms with Crippen molar-refractivity contribution in [2.75, 3.05) is 6.26 Å². The third kappa shape index (κ3) is 5.28. The van der Waals surface area contributed by atoms with Crippen LogP contribution in [-0.2, 0) is 20.2 Å². The summed E-state index contributed by atoms with van der Waals surface area (Å²) in [5.41, 5.74) is 0. The van der Waals surface area contributed by atoms with Crippen LogP contribution in [-0.4, -0.2) is 57.2 Å². The van der Waals surface area contributed by atoms with Crippen LogP contribution in [0.2, 0.25) is 0 Å². The fraction of sp³-hybridized carbons (Fsp3) is 0.143. The predicted octanol–water partition coefficient (Wildman–Crippen LogP) is -0.377. The Bertz CT molecular complexity index is 545. The van der Waals surface area contributed by atoms with E-state index in [2.05, 4.69) is 4.18 Å². The topological polar surface area (TPSA) is 97.7 Å². The molecule has 6 nitrogen and oxygen atoms in total. The number of hydrogen-bond acceptors (Lipinski definition) is 5. The molecule has 9 heteroatoms. The van der Waals surface area contributed by atoms with Crippen molar-refractivity contribution in [3.63, 3.8) is 0 Å². The van der Waals surface area contributed by atoms with Gasteiger partial charge < -0.3 is 4.18 Å². The zero-order valence-electron chi connectivity index (χ0n) is 7.61. The Morgan fingerprint density at radius 1 is 1.06 bits per heavy atom. The predicted molar refractivity (Wildman–Crippen MR) is 58.9 cm³/mol. The van der Waals surface area contributed by atoms with E-state index < -0.39 is 20.2 Å². The van der Waals surface area contributed by atoms with Gasteiger partial charge in [-0.05, 0) is 24.3 Å². The summed E-state index contributed by atoms with van der Waals surface area (Å²) >= 11 is 0. The van der Waals surface area contributed by atoms with Crippen molar-refractivity contribution in [2.24, 2.45) is 0 Å². The van der Waals surface area contributed by atoms with Crippen LogP contribution in [0, 0.1) is 0 Å². The summed E-state index contributed by atoms with van der Waals surface area (Å²) in [6.45, 7) is 0. The SMILES string of the molecule is CS(=O)(=O)Oc1ccc(S(=O)(=O)O)cc1.[NaH]. The molecule has 0 aliphatic heterocycles. The van der Waals surface area contributed by atoms with Gasteiger partial charge >= 0.3 is 39.7 Å². The molecule has 0 saturated carbocycles. The molecule has 1 rings (SSSR count). The Hall–Kier alpha value is -0.120. The van der Waals surface area contributed by atoms with Gasteiger partial charge in [0, 0.05) is 0 Å². The van der Waals surface area contributed by atoms with Gasteiger partial charge in [0.05, 0.1) is 11.2 Å². The van der Waals surface area contributed by atoms with E-state index in [9.17, 15) is 16.8 Å². The van der Waals surface area contributed by atoms with E-state index in [4.69, 9.17) is 4.55 Å². The van der Waals surface area contributed by atoms with E-state index in [-0.39, 0.29) is 40.2 Å². The van der Waals surface area contributed by atoms with Crippen LogP contribution in [0.3, 0.4) is 0 Å². The Kier molecular flexibility index (Phi) is 5.44. The molecular formula is C7H9NaO6S2. The number of rotatable bonds is 3. The molecule has 0 aromatic heterocycles. The zero-order valence-corrected chi connectivity index (χ0v) is 9.25. The Morgan fingerprint density at radius 3 is 1.81 bits per heavy atom. The molecule has 1 aromatic rings. The average molecular weight is 276 g/mol. The first-order valence-electron chi connectivity index (χ1n) is 3.65. The molecule has 0 amide bonds. The van der Waals surface area contributed by atoms with E-state index in [0.717, 1.165) is 30.5 Å².